The molecule has 0 radical (unpaired) electrons. The van der Waals surface area contributed by atoms with Gasteiger partial charge in [0.05, 0.1) is 17.5 Å². The Balaban J connectivity index is 1.65. The number of anilines is 1. The van der Waals surface area contributed by atoms with Crippen molar-refractivity contribution in [2.75, 3.05) is 4.90 Å². The maximum Gasteiger partial charge on any atom is 0.295 e. The zero-order valence-electron chi connectivity index (χ0n) is 15.9. The number of fused-ring (bicyclic) bond motifs is 1. The first-order valence-electron chi connectivity index (χ1n) is 9.81. The number of Topliss-reactive ketones (excluding diaryl/α,β-unsaturated/α-hetero) is 1. The predicted molar refractivity (Wildman–Crippen MR) is 107 cm³/mol. The normalized spacial score (nSPS) is 28.8. The standard InChI is InChI=1S/C22H20ClN3O3/c1-12-4-2-6-17(25-12)26-19(13-5-3-9-24-11-13)18-20(27)15-10-14(23)7-8-16(15)29-21(18)22(26)28/h2-6,9,11,14-16,19H,7-8,10H2,1H3. The van der Waals surface area contributed by atoms with Crippen LogP contribution in [0.2, 0.25) is 0 Å². The molecule has 148 valence electrons. The number of ether oxygens (including phenoxy) is 1. The lowest BCUT2D eigenvalue weighted by Crippen LogP contribution is -2.41. The highest BCUT2D eigenvalue weighted by Crippen LogP contribution is 2.48. The summed E-state index contributed by atoms with van der Waals surface area (Å²) < 4.78 is 6.14. The summed E-state index contributed by atoms with van der Waals surface area (Å²) in [6.45, 7) is 1.87. The summed E-state index contributed by atoms with van der Waals surface area (Å²) in [5.74, 6) is -0.0395. The molecule has 7 heteroatoms. The number of aromatic nitrogens is 2. The molecule has 0 saturated heterocycles. The summed E-state index contributed by atoms with van der Waals surface area (Å²) in [6.07, 6.45) is 5.08. The van der Waals surface area contributed by atoms with Crippen molar-refractivity contribution in [1.82, 2.24) is 9.97 Å². The van der Waals surface area contributed by atoms with Crippen molar-refractivity contribution in [3.05, 3.63) is 65.3 Å². The van der Waals surface area contributed by atoms with Crippen LogP contribution in [0, 0.1) is 12.8 Å². The van der Waals surface area contributed by atoms with Crippen molar-refractivity contribution in [1.29, 1.82) is 0 Å². The van der Waals surface area contributed by atoms with Crippen LogP contribution in [0.1, 0.15) is 36.6 Å². The molecule has 1 amide bonds. The molecule has 2 aromatic heterocycles. The van der Waals surface area contributed by atoms with E-state index in [1.807, 2.05) is 25.1 Å². The van der Waals surface area contributed by atoms with E-state index in [1.54, 1.807) is 29.4 Å². The Hall–Kier alpha value is -2.73. The van der Waals surface area contributed by atoms with E-state index in [2.05, 4.69) is 9.97 Å². The van der Waals surface area contributed by atoms with Crippen LogP contribution < -0.4 is 4.90 Å². The van der Waals surface area contributed by atoms with Gasteiger partial charge in [0.15, 0.2) is 11.5 Å². The fourth-order valence-electron chi connectivity index (χ4n) is 4.57. The summed E-state index contributed by atoms with van der Waals surface area (Å²) in [6, 6.07) is 8.56. The molecular weight excluding hydrogens is 390 g/mol. The predicted octanol–water partition coefficient (Wildman–Crippen LogP) is 3.50. The fourth-order valence-corrected chi connectivity index (χ4v) is 4.89. The van der Waals surface area contributed by atoms with Gasteiger partial charge in [-0.1, -0.05) is 12.1 Å². The van der Waals surface area contributed by atoms with Crippen molar-refractivity contribution < 1.29 is 14.3 Å². The number of rotatable bonds is 2. The van der Waals surface area contributed by atoms with Crippen LogP contribution in [0.4, 0.5) is 5.82 Å². The van der Waals surface area contributed by atoms with Crippen LogP contribution in [0.25, 0.3) is 0 Å². The average molecular weight is 410 g/mol. The highest BCUT2D eigenvalue weighted by molar-refractivity contribution is 6.21. The van der Waals surface area contributed by atoms with Gasteiger partial charge in [-0.05, 0) is 49.9 Å². The molecular formula is C22H20ClN3O3. The Bertz CT molecular complexity index is 1020. The van der Waals surface area contributed by atoms with Crippen LogP contribution in [0.3, 0.4) is 0 Å². The quantitative estimate of drug-likeness (QED) is 0.710. The van der Waals surface area contributed by atoms with Gasteiger partial charge in [0.2, 0.25) is 0 Å². The SMILES string of the molecule is Cc1cccc(N2C(=O)C3=C(C(=O)C4CC(Cl)CCC4O3)C2c2cccnc2)n1. The molecule has 0 aromatic carbocycles. The highest BCUT2D eigenvalue weighted by atomic mass is 35.5. The smallest absolute Gasteiger partial charge is 0.295 e. The third kappa shape index (κ3) is 2.94. The molecule has 1 aliphatic carbocycles. The minimum Gasteiger partial charge on any atom is -0.483 e. The number of ketones is 1. The van der Waals surface area contributed by atoms with E-state index in [1.165, 1.54) is 0 Å². The van der Waals surface area contributed by atoms with E-state index in [-0.39, 0.29) is 34.8 Å². The Morgan fingerprint density at radius 1 is 1.17 bits per heavy atom. The highest BCUT2D eigenvalue weighted by Gasteiger charge is 2.53. The number of carbonyl (C=O) groups excluding carboxylic acids is 2. The number of hydrogen-bond acceptors (Lipinski definition) is 5. The van der Waals surface area contributed by atoms with E-state index < -0.39 is 6.04 Å². The minimum atomic E-state index is -0.607. The lowest BCUT2D eigenvalue weighted by molar-refractivity contribution is -0.131. The number of pyridine rings is 2. The molecule has 0 bridgehead atoms. The summed E-state index contributed by atoms with van der Waals surface area (Å²) in [4.78, 5) is 37.3. The van der Waals surface area contributed by atoms with Crippen molar-refractivity contribution in [2.24, 2.45) is 5.92 Å². The van der Waals surface area contributed by atoms with Gasteiger partial charge in [0.1, 0.15) is 11.9 Å². The van der Waals surface area contributed by atoms with Crippen molar-refractivity contribution in [3.8, 4) is 0 Å². The Kier molecular flexibility index (Phi) is 4.39. The number of hydrogen-bond donors (Lipinski definition) is 0. The maximum absolute atomic E-state index is 13.5. The summed E-state index contributed by atoms with van der Waals surface area (Å²) >= 11 is 6.35. The molecule has 4 heterocycles. The van der Waals surface area contributed by atoms with E-state index in [0.29, 0.717) is 24.2 Å². The van der Waals surface area contributed by atoms with E-state index in [4.69, 9.17) is 16.3 Å². The second-order valence-corrected chi connectivity index (χ2v) is 8.40. The zero-order valence-corrected chi connectivity index (χ0v) is 16.7. The van der Waals surface area contributed by atoms with Gasteiger partial charge < -0.3 is 4.74 Å². The fraction of sp³-hybridized carbons (Fsp3) is 0.364. The lowest BCUT2D eigenvalue weighted by Gasteiger charge is -2.37. The number of aryl methyl sites for hydroxylation is 1. The third-order valence-corrected chi connectivity index (χ3v) is 6.30. The van der Waals surface area contributed by atoms with Gasteiger partial charge in [-0.3, -0.25) is 19.5 Å². The van der Waals surface area contributed by atoms with Crippen molar-refractivity contribution in [3.63, 3.8) is 0 Å². The van der Waals surface area contributed by atoms with Gasteiger partial charge >= 0.3 is 0 Å². The van der Waals surface area contributed by atoms with Gasteiger partial charge in [0.25, 0.3) is 5.91 Å². The van der Waals surface area contributed by atoms with Gasteiger partial charge in [0, 0.05) is 23.5 Å². The van der Waals surface area contributed by atoms with Crippen LogP contribution >= 0.6 is 11.6 Å². The largest absolute Gasteiger partial charge is 0.483 e. The maximum atomic E-state index is 13.5. The topological polar surface area (TPSA) is 72.4 Å². The first-order chi connectivity index (χ1) is 14.0. The average Bonchev–Trinajstić information content (AvgIpc) is 3.02. The minimum absolute atomic E-state index is 0.0426. The molecule has 29 heavy (non-hydrogen) atoms. The molecule has 2 aliphatic heterocycles. The Morgan fingerprint density at radius 2 is 2.03 bits per heavy atom. The number of amides is 1. The number of halogens is 1. The molecule has 4 unspecified atom stereocenters. The van der Waals surface area contributed by atoms with Gasteiger partial charge in [-0.2, -0.15) is 0 Å². The number of alkyl halides is 1. The molecule has 1 saturated carbocycles. The van der Waals surface area contributed by atoms with Gasteiger partial charge in [-0.15, -0.1) is 11.6 Å². The number of nitrogens with zero attached hydrogens (tertiary/aromatic N) is 3. The molecule has 1 fully saturated rings. The molecule has 3 aliphatic rings. The molecule has 0 spiro atoms. The molecule has 0 N–H and O–H groups in total. The van der Waals surface area contributed by atoms with E-state index >= 15 is 0 Å². The first kappa shape index (κ1) is 18.3. The summed E-state index contributed by atoms with van der Waals surface area (Å²) in [5, 5.41) is -0.0468. The molecule has 4 atom stereocenters. The van der Waals surface area contributed by atoms with Crippen LogP contribution in [-0.2, 0) is 14.3 Å². The molecule has 6 nitrogen and oxygen atoms in total. The van der Waals surface area contributed by atoms with Crippen LogP contribution in [0.5, 0.6) is 0 Å². The zero-order chi connectivity index (χ0) is 20.1. The van der Waals surface area contributed by atoms with Crippen molar-refractivity contribution in [2.45, 2.75) is 43.7 Å². The van der Waals surface area contributed by atoms with Gasteiger partial charge in [-0.25, -0.2) is 4.98 Å². The van der Waals surface area contributed by atoms with Crippen LogP contribution in [0.15, 0.2) is 54.1 Å². The molecule has 2 aromatic rings. The van der Waals surface area contributed by atoms with E-state index in [9.17, 15) is 9.59 Å². The van der Waals surface area contributed by atoms with Crippen LogP contribution in [-0.4, -0.2) is 33.1 Å². The lowest BCUT2D eigenvalue weighted by atomic mass is 9.77. The first-order valence-corrected chi connectivity index (χ1v) is 10.2. The second-order valence-electron chi connectivity index (χ2n) is 7.78. The van der Waals surface area contributed by atoms with Crippen molar-refractivity contribution >= 4 is 29.1 Å². The monoisotopic (exact) mass is 409 g/mol. The second kappa shape index (κ2) is 6.95. The number of carbonyl (C=O) groups is 2. The van der Waals surface area contributed by atoms with E-state index in [0.717, 1.165) is 17.7 Å². The summed E-state index contributed by atoms with van der Waals surface area (Å²) in [7, 11) is 0. The third-order valence-electron chi connectivity index (χ3n) is 5.90. The summed E-state index contributed by atoms with van der Waals surface area (Å²) in [5.41, 5.74) is 1.94. The molecule has 5 rings (SSSR count). The Labute approximate surface area is 173 Å². The Morgan fingerprint density at radius 3 is 2.79 bits per heavy atom.